The summed E-state index contributed by atoms with van der Waals surface area (Å²) in [5.74, 6) is 0. The molecule has 2 aromatic rings. The molecule has 1 aromatic heterocycles. The van der Waals surface area contributed by atoms with Crippen LogP contribution in [0.3, 0.4) is 0 Å². The zero-order valence-electron chi connectivity index (χ0n) is 12.8. The van der Waals surface area contributed by atoms with Crippen molar-refractivity contribution in [2.24, 2.45) is 5.73 Å². The average Bonchev–Trinajstić information content (AvgIpc) is 2.54. The highest BCUT2D eigenvalue weighted by Gasteiger charge is 2.06. The van der Waals surface area contributed by atoms with Gasteiger partial charge in [-0.25, -0.2) is 0 Å². The second kappa shape index (κ2) is 8.55. The summed E-state index contributed by atoms with van der Waals surface area (Å²) in [5, 5.41) is 0. The molecule has 0 saturated heterocycles. The third-order valence-corrected chi connectivity index (χ3v) is 3.81. The molecule has 3 heteroatoms. The van der Waals surface area contributed by atoms with Crippen LogP contribution in [-0.4, -0.2) is 30.0 Å². The number of likely N-dealkylation sites (N-methyl/N-ethyl adjacent to an activating group) is 1. The molecule has 0 spiro atoms. The molecule has 0 saturated carbocycles. The van der Waals surface area contributed by atoms with Crippen LogP contribution in [0.2, 0.25) is 0 Å². The molecular weight excluding hydrogens is 258 g/mol. The molecule has 0 aliphatic rings. The van der Waals surface area contributed by atoms with E-state index in [0.717, 1.165) is 32.4 Å². The monoisotopic (exact) mass is 283 g/mol. The van der Waals surface area contributed by atoms with Crippen molar-refractivity contribution in [1.29, 1.82) is 0 Å². The number of hydrogen-bond donors (Lipinski definition) is 1. The minimum atomic E-state index is 0.153. The number of rotatable bonds is 8. The van der Waals surface area contributed by atoms with Crippen LogP contribution in [0.1, 0.15) is 30.0 Å². The van der Waals surface area contributed by atoms with E-state index in [-0.39, 0.29) is 6.04 Å². The maximum absolute atomic E-state index is 6.22. The minimum absolute atomic E-state index is 0.153. The molecule has 0 amide bonds. The summed E-state index contributed by atoms with van der Waals surface area (Å²) < 4.78 is 0. The van der Waals surface area contributed by atoms with Gasteiger partial charge in [0.1, 0.15) is 0 Å². The molecule has 1 heterocycles. The lowest BCUT2D eigenvalue weighted by Gasteiger charge is -2.18. The summed E-state index contributed by atoms with van der Waals surface area (Å²) in [6.07, 6.45) is 6.94. The van der Waals surface area contributed by atoms with Crippen molar-refractivity contribution in [3.8, 4) is 0 Å². The van der Waals surface area contributed by atoms with E-state index < -0.39 is 0 Å². The third-order valence-electron chi connectivity index (χ3n) is 3.81. The highest BCUT2D eigenvalue weighted by atomic mass is 15.1. The van der Waals surface area contributed by atoms with Crippen LogP contribution in [0.5, 0.6) is 0 Å². The van der Waals surface area contributed by atoms with E-state index in [4.69, 9.17) is 5.73 Å². The van der Waals surface area contributed by atoms with Gasteiger partial charge >= 0.3 is 0 Å². The summed E-state index contributed by atoms with van der Waals surface area (Å²) in [6, 6.07) is 14.7. The normalized spacial score (nSPS) is 12.5. The molecule has 1 unspecified atom stereocenters. The molecule has 0 aliphatic heterocycles. The number of pyridine rings is 1. The van der Waals surface area contributed by atoms with E-state index in [1.54, 1.807) is 0 Å². The standard InChI is InChI=1S/C18H25N3/c1-21(15-11-16-9-12-20-13-10-16)14-5-8-18(19)17-6-3-2-4-7-17/h2-4,6-7,9-10,12-13,18H,5,8,11,14-15,19H2,1H3. The molecule has 0 radical (unpaired) electrons. The van der Waals surface area contributed by atoms with Crippen LogP contribution in [-0.2, 0) is 6.42 Å². The van der Waals surface area contributed by atoms with Gasteiger partial charge < -0.3 is 10.6 Å². The largest absolute Gasteiger partial charge is 0.324 e. The van der Waals surface area contributed by atoms with Crippen molar-refractivity contribution in [2.45, 2.75) is 25.3 Å². The Morgan fingerprint density at radius 1 is 1.05 bits per heavy atom. The molecule has 1 aromatic carbocycles. The number of benzene rings is 1. The molecule has 0 bridgehead atoms. The fourth-order valence-electron chi connectivity index (χ4n) is 2.43. The fraction of sp³-hybridized carbons (Fsp3) is 0.389. The lowest BCUT2D eigenvalue weighted by Crippen LogP contribution is -2.23. The Bertz CT molecular complexity index is 498. The predicted molar refractivity (Wildman–Crippen MR) is 88.0 cm³/mol. The van der Waals surface area contributed by atoms with E-state index in [2.05, 4.69) is 53.3 Å². The van der Waals surface area contributed by atoms with Crippen molar-refractivity contribution < 1.29 is 0 Å². The van der Waals surface area contributed by atoms with Gasteiger partial charge in [-0.1, -0.05) is 30.3 Å². The average molecular weight is 283 g/mol. The molecule has 1 atom stereocenters. The highest BCUT2D eigenvalue weighted by Crippen LogP contribution is 2.15. The molecule has 21 heavy (non-hydrogen) atoms. The zero-order chi connectivity index (χ0) is 14.9. The predicted octanol–water partition coefficient (Wildman–Crippen LogP) is 3.04. The third kappa shape index (κ3) is 5.66. The van der Waals surface area contributed by atoms with E-state index in [1.807, 2.05) is 18.5 Å². The number of nitrogens with zero attached hydrogens (tertiary/aromatic N) is 2. The SMILES string of the molecule is CN(CCCC(N)c1ccccc1)CCc1ccncc1. The van der Waals surface area contributed by atoms with E-state index in [1.165, 1.54) is 11.1 Å². The first-order valence-corrected chi connectivity index (χ1v) is 7.63. The number of hydrogen-bond acceptors (Lipinski definition) is 3. The first-order valence-electron chi connectivity index (χ1n) is 7.63. The Kier molecular flexibility index (Phi) is 6.38. The van der Waals surface area contributed by atoms with Crippen molar-refractivity contribution in [3.05, 3.63) is 66.0 Å². The van der Waals surface area contributed by atoms with Crippen LogP contribution in [0, 0.1) is 0 Å². The van der Waals surface area contributed by atoms with E-state index in [0.29, 0.717) is 0 Å². The molecule has 3 nitrogen and oxygen atoms in total. The molecule has 2 rings (SSSR count). The van der Waals surface area contributed by atoms with Crippen molar-refractivity contribution in [3.63, 3.8) is 0 Å². The fourth-order valence-corrected chi connectivity index (χ4v) is 2.43. The first kappa shape index (κ1) is 15.7. The second-order valence-electron chi connectivity index (χ2n) is 5.57. The minimum Gasteiger partial charge on any atom is -0.324 e. The summed E-state index contributed by atoms with van der Waals surface area (Å²) in [5.41, 5.74) is 8.80. The van der Waals surface area contributed by atoms with Gasteiger partial charge in [0, 0.05) is 25.0 Å². The van der Waals surface area contributed by atoms with Gasteiger partial charge in [-0.15, -0.1) is 0 Å². The lowest BCUT2D eigenvalue weighted by atomic mass is 10.0. The Balaban J connectivity index is 1.64. The summed E-state index contributed by atoms with van der Waals surface area (Å²) >= 11 is 0. The van der Waals surface area contributed by atoms with Gasteiger partial charge in [0.2, 0.25) is 0 Å². The van der Waals surface area contributed by atoms with Crippen LogP contribution in [0.15, 0.2) is 54.9 Å². The Labute approximate surface area is 127 Å². The van der Waals surface area contributed by atoms with Crippen LogP contribution in [0.4, 0.5) is 0 Å². The smallest absolute Gasteiger partial charge is 0.0295 e. The van der Waals surface area contributed by atoms with Gasteiger partial charge in [0.25, 0.3) is 0 Å². The number of nitrogens with two attached hydrogens (primary N) is 1. The molecule has 112 valence electrons. The van der Waals surface area contributed by atoms with Gasteiger partial charge in [0.15, 0.2) is 0 Å². The highest BCUT2D eigenvalue weighted by molar-refractivity contribution is 5.18. The summed E-state index contributed by atoms with van der Waals surface area (Å²) in [4.78, 5) is 6.42. The van der Waals surface area contributed by atoms with Gasteiger partial charge in [-0.05, 0) is 56.1 Å². The zero-order valence-corrected chi connectivity index (χ0v) is 12.8. The van der Waals surface area contributed by atoms with E-state index in [9.17, 15) is 0 Å². The molecule has 0 aliphatic carbocycles. The first-order chi connectivity index (χ1) is 10.3. The Hall–Kier alpha value is -1.71. The van der Waals surface area contributed by atoms with Gasteiger partial charge in [-0.3, -0.25) is 4.98 Å². The van der Waals surface area contributed by atoms with Crippen LogP contribution >= 0.6 is 0 Å². The van der Waals surface area contributed by atoms with Crippen LogP contribution in [0.25, 0.3) is 0 Å². The van der Waals surface area contributed by atoms with Gasteiger partial charge in [-0.2, -0.15) is 0 Å². The molecule has 0 fully saturated rings. The van der Waals surface area contributed by atoms with Crippen molar-refractivity contribution >= 4 is 0 Å². The van der Waals surface area contributed by atoms with Crippen molar-refractivity contribution in [2.75, 3.05) is 20.1 Å². The van der Waals surface area contributed by atoms with E-state index >= 15 is 0 Å². The Morgan fingerprint density at radius 3 is 2.48 bits per heavy atom. The summed E-state index contributed by atoms with van der Waals surface area (Å²) in [7, 11) is 2.18. The quantitative estimate of drug-likeness (QED) is 0.809. The van der Waals surface area contributed by atoms with Crippen LogP contribution < -0.4 is 5.73 Å². The number of aromatic nitrogens is 1. The van der Waals surface area contributed by atoms with Gasteiger partial charge in [0.05, 0.1) is 0 Å². The Morgan fingerprint density at radius 2 is 1.76 bits per heavy atom. The second-order valence-corrected chi connectivity index (χ2v) is 5.57. The molecular formula is C18H25N3. The lowest BCUT2D eigenvalue weighted by molar-refractivity contribution is 0.325. The molecule has 2 N–H and O–H groups in total. The van der Waals surface area contributed by atoms with Crippen molar-refractivity contribution in [1.82, 2.24) is 9.88 Å². The maximum atomic E-state index is 6.22. The maximum Gasteiger partial charge on any atom is 0.0295 e. The summed E-state index contributed by atoms with van der Waals surface area (Å²) in [6.45, 7) is 2.16. The topological polar surface area (TPSA) is 42.1 Å².